The van der Waals surface area contributed by atoms with Crippen LogP contribution in [-0.2, 0) is 19.6 Å². The highest BCUT2D eigenvalue weighted by Gasteiger charge is 2.18. The summed E-state index contributed by atoms with van der Waals surface area (Å²) in [4.78, 5) is 18.3. The van der Waals surface area contributed by atoms with Crippen molar-refractivity contribution in [2.24, 2.45) is 0 Å². The van der Waals surface area contributed by atoms with Crippen molar-refractivity contribution in [3.05, 3.63) is 66.0 Å². The van der Waals surface area contributed by atoms with Gasteiger partial charge in [0.25, 0.3) is 0 Å². The molecule has 2 N–H and O–H groups in total. The van der Waals surface area contributed by atoms with Gasteiger partial charge in [-0.1, -0.05) is 6.07 Å². The van der Waals surface area contributed by atoms with Gasteiger partial charge in [0.05, 0.1) is 18.6 Å². The van der Waals surface area contributed by atoms with Gasteiger partial charge < -0.3 is 15.5 Å². The van der Waals surface area contributed by atoms with E-state index < -0.39 is 0 Å². The lowest BCUT2D eigenvalue weighted by Gasteiger charge is -2.29. The van der Waals surface area contributed by atoms with Crippen molar-refractivity contribution in [2.45, 2.75) is 26.6 Å². The SMILES string of the molecule is Cc1cc(Nc2ncnc3ccc(N4CCNCC4)cc23)ccc1CN1CCn2ncnc2C1. The van der Waals surface area contributed by atoms with Crippen LogP contribution in [0.25, 0.3) is 10.9 Å². The summed E-state index contributed by atoms with van der Waals surface area (Å²) in [6.45, 7) is 9.84. The number of hydrogen-bond acceptors (Lipinski definition) is 8. The Kier molecular flexibility index (Phi) is 5.56. The minimum Gasteiger partial charge on any atom is -0.369 e. The van der Waals surface area contributed by atoms with Crippen LogP contribution in [0.1, 0.15) is 17.0 Å². The number of fused-ring (bicyclic) bond motifs is 2. The molecule has 2 aliphatic heterocycles. The molecule has 0 unspecified atom stereocenters. The van der Waals surface area contributed by atoms with Crippen molar-refractivity contribution >= 4 is 28.1 Å². The number of aryl methyl sites for hydroxylation is 1. The highest BCUT2D eigenvalue weighted by molar-refractivity contribution is 5.93. The van der Waals surface area contributed by atoms with Gasteiger partial charge in [0.1, 0.15) is 24.3 Å². The fourth-order valence-electron chi connectivity index (χ4n) is 4.84. The fraction of sp³-hybridized carbons (Fsp3) is 0.360. The lowest BCUT2D eigenvalue weighted by molar-refractivity contribution is 0.201. The highest BCUT2D eigenvalue weighted by Crippen LogP contribution is 2.28. The van der Waals surface area contributed by atoms with E-state index in [4.69, 9.17) is 0 Å². The molecular formula is C25H29N9. The summed E-state index contributed by atoms with van der Waals surface area (Å²) in [5, 5.41) is 12.3. The Balaban J connectivity index is 1.21. The third-order valence-electron chi connectivity index (χ3n) is 6.79. The Morgan fingerprint density at radius 1 is 0.941 bits per heavy atom. The van der Waals surface area contributed by atoms with Gasteiger partial charge in [0.15, 0.2) is 0 Å². The largest absolute Gasteiger partial charge is 0.369 e. The monoisotopic (exact) mass is 455 g/mol. The molecule has 9 heteroatoms. The first-order valence-corrected chi connectivity index (χ1v) is 11.9. The average Bonchev–Trinajstić information content (AvgIpc) is 3.34. The number of nitrogens with zero attached hydrogens (tertiary/aromatic N) is 7. The molecule has 0 amide bonds. The maximum absolute atomic E-state index is 4.57. The molecule has 0 atom stereocenters. The average molecular weight is 456 g/mol. The van der Waals surface area contributed by atoms with E-state index in [-0.39, 0.29) is 0 Å². The van der Waals surface area contributed by atoms with Crippen LogP contribution in [0.4, 0.5) is 17.2 Å². The number of anilines is 3. The topological polar surface area (TPSA) is 87.0 Å². The molecule has 4 aromatic rings. The van der Waals surface area contributed by atoms with E-state index in [0.29, 0.717) is 0 Å². The van der Waals surface area contributed by atoms with Crippen molar-refractivity contribution in [1.29, 1.82) is 0 Å². The fourth-order valence-corrected chi connectivity index (χ4v) is 4.84. The van der Waals surface area contributed by atoms with E-state index in [2.05, 4.69) is 83.8 Å². The molecule has 6 rings (SSSR count). The second-order valence-electron chi connectivity index (χ2n) is 9.04. The Bertz CT molecular complexity index is 1310. The van der Waals surface area contributed by atoms with E-state index in [0.717, 1.165) is 80.6 Å². The maximum Gasteiger partial charge on any atom is 0.141 e. The van der Waals surface area contributed by atoms with Crippen molar-refractivity contribution in [1.82, 2.24) is 34.9 Å². The van der Waals surface area contributed by atoms with E-state index in [9.17, 15) is 0 Å². The van der Waals surface area contributed by atoms with Gasteiger partial charge in [-0.05, 0) is 48.4 Å². The van der Waals surface area contributed by atoms with Gasteiger partial charge in [-0.2, -0.15) is 5.10 Å². The number of rotatable bonds is 5. The Morgan fingerprint density at radius 3 is 2.74 bits per heavy atom. The smallest absolute Gasteiger partial charge is 0.141 e. The van der Waals surface area contributed by atoms with E-state index in [1.807, 2.05) is 4.68 Å². The van der Waals surface area contributed by atoms with Crippen LogP contribution in [-0.4, -0.2) is 62.4 Å². The standard InChI is InChI=1S/C25H29N9/c1-18-12-20(3-2-19(18)14-32-10-11-34-24(15-32)28-17-30-34)31-25-22-13-21(33-8-6-26-7-9-33)4-5-23(22)27-16-29-25/h2-5,12-13,16-17,26H,6-11,14-15H2,1H3,(H,27,29,31). The number of nitrogens with one attached hydrogen (secondary N) is 2. The van der Waals surface area contributed by atoms with Gasteiger partial charge in [0, 0.05) is 56.0 Å². The lowest BCUT2D eigenvalue weighted by Crippen LogP contribution is -2.43. The summed E-state index contributed by atoms with van der Waals surface area (Å²) >= 11 is 0. The number of piperazine rings is 1. The third kappa shape index (κ3) is 4.20. The molecule has 0 bridgehead atoms. The van der Waals surface area contributed by atoms with Crippen molar-refractivity contribution in [3.63, 3.8) is 0 Å². The molecule has 0 saturated carbocycles. The number of benzene rings is 2. The van der Waals surface area contributed by atoms with Gasteiger partial charge in [-0.3, -0.25) is 4.90 Å². The molecule has 0 radical (unpaired) electrons. The number of hydrogen-bond donors (Lipinski definition) is 2. The molecular weight excluding hydrogens is 426 g/mol. The maximum atomic E-state index is 4.57. The van der Waals surface area contributed by atoms with Crippen molar-refractivity contribution in [2.75, 3.05) is 42.9 Å². The predicted octanol–water partition coefficient (Wildman–Crippen LogP) is 2.70. The normalized spacial score (nSPS) is 16.6. The summed E-state index contributed by atoms with van der Waals surface area (Å²) in [6.07, 6.45) is 3.28. The van der Waals surface area contributed by atoms with Gasteiger partial charge in [-0.25, -0.2) is 19.6 Å². The second kappa shape index (κ2) is 9.00. The molecule has 1 saturated heterocycles. The first-order valence-electron chi connectivity index (χ1n) is 11.9. The molecule has 2 aromatic carbocycles. The minimum atomic E-state index is 0.835. The van der Waals surface area contributed by atoms with Crippen molar-refractivity contribution in [3.8, 4) is 0 Å². The van der Waals surface area contributed by atoms with Gasteiger partial charge in [0.2, 0.25) is 0 Å². The summed E-state index contributed by atoms with van der Waals surface area (Å²) in [6, 6.07) is 13.0. The van der Waals surface area contributed by atoms with Crippen LogP contribution in [0, 0.1) is 6.92 Å². The van der Waals surface area contributed by atoms with Crippen LogP contribution in [0.3, 0.4) is 0 Å². The Labute approximate surface area is 198 Å². The molecule has 2 aromatic heterocycles. The second-order valence-corrected chi connectivity index (χ2v) is 9.04. The molecule has 0 aliphatic carbocycles. The summed E-state index contributed by atoms with van der Waals surface area (Å²) in [7, 11) is 0. The van der Waals surface area contributed by atoms with Crippen LogP contribution in [0.15, 0.2) is 49.1 Å². The van der Waals surface area contributed by atoms with Crippen LogP contribution in [0.2, 0.25) is 0 Å². The van der Waals surface area contributed by atoms with Crippen LogP contribution < -0.4 is 15.5 Å². The Morgan fingerprint density at radius 2 is 1.85 bits per heavy atom. The zero-order chi connectivity index (χ0) is 22.9. The zero-order valence-corrected chi connectivity index (χ0v) is 19.4. The van der Waals surface area contributed by atoms with E-state index in [1.165, 1.54) is 16.8 Å². The van der Waals surface area contributed by atoms with Gasteiger partial charge in [-0.15, -0.1) is 0 Å². The third-order valence-corrected chi connectivity index (χ3v) is 6.79. The van der Waals surface area contributed by atoms with E-state index in [1.54, 1.807) is 12.7 Å². The van der Waals surface area contributed by atoms with Crippen LogP contribution in [0.5, 0.6) is 0 Å². The van der Waals surface area contributed by atoms with Crippen LogP contribution >= 0.6 is 0 Å². The number of aromatic nitrogens is 5. The predicted molar refractivity (Wildman–Crippen MR) is 133 cm³/mol. The van der Waals surface area contributed by atoms with Crippen molar-refractivity contribution < 1.29 is 0 Å². The lowest BCUT2D eigenvalue weighted by atomic mass is 10.1. The summed E-state index contributed by atoms with van der Waals surface area (Å²) < 4.78 is 2.00. The highest BCUT2D eigenvalue weighted by atomic mass is 15.4. The Hall–Kier alpha value is -3.56. The summed E-state index contributed by atoms with van der Waals surface area (Å²) in [5.74, 6) is 1.88. The molecule has 34 heavy (non-hydrogen) atoms. The minimum absolute atomic E-state index is 0.835. The first-order chi connectivity index (χ1) is 16.7. The summed E-state index contributed by atoms with van der Waals surface area (Å²) in [5.41, 5.74) is 5.79. The molecule has 9 nitrogen and oxygen atoms in total. The van der Waals surface area contributed by atoms with E-state index >= 15 is 0 Å². The first kappa shape index (κ1) is 21.0. The molecule has 0 spiro atoms. The van der Waals surface area contributed by atoms with Gasteiger partial charge >= 0.3 is 0 Å². The zero-order valence-electron chi connectivity index (χ0n) is 19.4. The molecule has 174 valence electrons. The molecule has 2 aliphatic rings. The quantitative estimate of drug-likeness (QED) is 0.475. The molecule has 4 heterocycles. The molecule has 1 fully saturated rings.